The van der Waals surface area contributed by atoms with Gasteiger partial charge in [0.25, 0.3) is 5.91 Å². The number of Topliss-reactive ketones (excluding diaryl/α,β-unsaturated/α-hetero) is 1. The Morgan fingerprint density at radius 3 is 2.50 bits per heavy atom. The predicted molar refractivity (Wildman–Crippen MR) is 104 cm³/mol. The molecule has 1 aliphatic carbocycles. The number of carbonyl (C=O) groups excluding carboxylic acids is 3. The molecule has 1 aliphatic rings. The van der Waals surface area contributed by atoms with Gasteiger partial charge in [-0.3, -0.25) is 9.59 Å². The van der Waals surface area contributed by atoms with Crippen molar-refractivity contribution in [2.75, 3.05) is 20.3 Å². The summed E-state index contributed by atoms with van der Waals surface area (Å²) in [7, 11) is 1.45. The molecule has 1 saturated carbocycles. The maximum atomic E-state index is 12.1. The molecule has 1 aromatic carbocycles. The quantitative estimate of drug-likeness (QED) is 0.514. The van der Waals surface area contributed by atoms with Crippen LogP contribution in [0.2, 0.25) is 0 Å². The number of carbonyl (C=O) groups is 3. The zero-order valence-corrected chi connectivity index (χ0v) is 16.8. The van der Waals surface area contributed by atoms with Crippen molar-refractivity contribution in [2.24, 2.45) is 5.92 Å². The molecule has 0 unspecified atom stereocenters. The van der Waals surface area contributed by atoms with Crippen LogP contribution in [0.25, 0.3) is 0 Å². The van der Waals surface area contributed by atoms with Crippen molar-refractivity contribution in [3.8, 4) is 11.5 Å². The molecule has 0 saturated heterocycles. The first kappa shape index (κ1) is 21.7. The monoisotopic (exact) mass is 391 g/mol. The summed E-state index contributed by atoms with van der Waals surface area (Å²) >= 11 is 0. The number of hydrogen-bond donors (Lipinski definition) is 1. The van der Waals surface area contributed by atoms with Gasteiger partial charge >= 0.3 is 5.97 Å². The summed E-state index contributed by atoms with van der Waals surface area (Å²) in [5.41, 5.74) is 0.482. The Kier molecular flexibility index (Phi) is 8.29. The smallest absolute Gasteiger partial charge is 0.344 e. The number of methoxy groups -OCH3 is 1. The van der Waals surface area contributed by atoms with Crippen LogP contribution in [-0.4, -0.2) is 44.0 Å². The van der Waals surface area contributed by atoms with Gasteiger partial charge in [-0.05, 0) is 50.8 Å². The van der Waals surface area contributed by atoms with Crippen molar-refractivity contribution < 1.29 is 28.6 Å². The van der Waals surface area contributed by atoms with Crippen molar-refractivity contribution in [3.63, 3.8) is 0 Å². The molecule has 2 rings (SSSR count). The van der Waals surface area contributed by atoms with E-state index in [2.05, 4.69) is 5.32 Å². The number of nitrogens with one attached hydrogen (secondary N) is 1. The number of ether oxygens (including phenoxy) is 3. The second-order valence-electron chi connectivity index (χ2n) is 7.09. The molecular formula is C21H29NO6. The second-order valence-corrected chi connectivity index (χ2v) is 7.09. The van der Waals surface area contributed by atoms with Crippen LogP contribution in [0.3, 0.4) is 0 Å². The normalized spacial score (nSPS) is 15.4. The average Bonchev–Trinajstić information content (AvgIpc) is 2.70. The van der Waals surface area contributed by atoms with E-state index >= 15 is 0 Å². The lowest BCUT2D eigenvalue weighted by Crippen LogP contribution is -2.39. The van der Waals surface area contributed by atoms with E-state index in [9.17, 15) is 14.4 Å². The highest BCUT2D eigenvalue weighted by molar-refractivity contribution is 5.94. The van der Waals surface area contributed by atoms with Gasteiger partial charge in [0, 0.05) is 12.1 Å². The molecule has 0 spiro atoms. The van der Waals surface area contributed by atoms with Gasteiger partial charge in [-0.2, -0.15) is 0 Å². The highest BCUT2D eigenvalue weighted by Crippen LogP contribution is 2.28. The van der Waals surface area contributed by atoms with Gasteiger partial charge in [-0.15, -0.1) is 0 Å². The van der Waals surface area contributed by atoms with Crippen LogP contribution in [0.5, 0.6) is 11.5 Å². The van der Waals surface area contributed by atoms with Gasteiger partial charge < -0.3 is 19.5 Å². The van der Waals surface area contributed by atoms with E-state index in [1.165, 1.54) is 40.2 Å². The summed E-state index contributed by atoms with van der Waals surface area (Å²) in [5.74, 6) is 0.115. The van der Waals surface area contributed by atoms with Crippen LogP contribution in [0, 0.1) is 5.92 Å². The van der Waals surface area contributed by atoms with Crippen LogP contribution in [0.1, 0.15) is 56.3 Å². The largest absolute Gasteiger partial charge is 0.493 e. The number of hydrogen-bond acceptors (Lipinski definition) is 6. The Morgan fingerprint density at radius 1 is 1.14 bits per heavy atom. The summed E-state index contributed by atoms with van der Waals surface area (Å²) in [6.07, 6.45) is 5.06. The third-order valence-electron chi connectivity index (χ3n) is 4.88. The Balaban J connectivity index is 1.78. The molecule has 1 atom stereocenters. The van der Waals surface area contributed by atoms with E-state index in [1.807, 2.05) is 0 Å². The summed E-state index contributed by atoms with van der Waals surface area (Å²) < 4.78 is 15.7. The molecule has 1 aromatic rings. The summed E-state index contributed by atoms with van der Waals surface area (Å²) in [4.78, 5) is 35.5. The maximum absolute atomic E-state index is 12.1. The van der Waals surface area contributed by atoms with Crippen LogP contribution >= 0.6 is 0 Å². The molecule has 1 amide bonds. The van der Waals surface area contributed by atoms with E-state index in [4.69, 9.17) is 14.2 Å². The Morgan fingerprint density at radius 2 is 1.86 bits per heavy atom. The Bertz CT molecular complexity index is 696. The van der Waals surface area contributed by atoms with Crippen molar-refractivity contribution >= 4 is 17.7 Å². The van der Waals surface area contributed by atoms with E-state index in [1.54, 1.807) is 18.2 Å². The fourth-order valence-corrected chi connectivity index (χ4v) is 3.21. The zero-order chi connectivity index (χ0) is 20.5. The van der Waals surface area contributed by atoms with Crippen molar-refractivity contribution in [2.45, 2.75) is 52.1 Å². The lowest BCUT2D eigenvalue weighted by atomic mass is 9.89. The average molecular weight is 391 g/mol. The minimum absolute atomic E-state index is 0.0997. The first-order valence-electron chi connectivity index (χ1n) is 9.69. The third-order valence-corrected chi connectivity index (χ3v) is 4.88. The SMILES string of the molecule is COc1cc(C(C)=O)ccc1OCC(=O)O[C@H](C)C(=O)NCC1CCCCC1. The van der Waals surface area contributed by atoms with Crippen LogP contribution in [0.15, 0.2) is 18.2 Å². The fraction of sp³-hybridized carbons (Fsp3) is 0.571. The molecule has 0 bridgehead atoms. The van der Waals surface area contributed by atoms with Crippen molar-refractivity contribution in [1.82, 2.24) is 5.32 Å². The van der Waals surface area contributed by atoms with Crippen LogP contribution in [-0.2, 0) is 14.3 Å². The molecule has 0 aromatic heterocycles. The van der Waals surface area contributed by atoms with Gasteiger partial charge in [0.1, 0.15) is 0 Å². The fourth-order valence-electron chi connectivity index (χ4n) is 3.21. The standard InChI is InChI=1S/C21H29NO6/c1-14(23)17-9-10-18(19(11-17)26-3)27-13-20(24)28-15(2)21(25)22-12-16-7-5-4-6-8-16/h9-11,15-16H,4-8,12-13H2,1-3H3,(H,22,25)/t15-/m1/s1. The van der Waals surface area contributed by atoms with Crippen LogP contribution < -0.4 is 14.8 Å². The van der Waals surface area contributed by atoms with Gasteiger partial charge in [-0.1, -0.05) is 19.3 Å². The number of ketones is 1. The minimum Gasteiger partial charge on any atom is -0.493 e. The van der Waals surface area contributed by atoms with Gasteiger partial charge in [0.2, 0.25) is 0 Å². The second kappa shape index (κ2) is 10.7. The van der Waals surface area contributed by atoms with E-state index < -0.39 is 12.1 Å². The first-order chi connectivity index (χ1) is 13.4. The van der Waals surface area contributed by atoms with Crippen LogP contribution in [0.4, 0.5) is 0 Å². The highest BCUT2D eigenvalue weighted by Gasteiger charge is 2.20. The van der Waals surface area contributed by atoms with E-state index in [-0.39, 0.29) is 18.3 Å². The number of esters is 1. The third kappa shape index (κ3) is 6.55. The first-order valence-corrected chi connectivity index (χ1v) is 9.69. The summed E-state index contributed by atoms with van der Waals surface area (Å²) in [6, 6.07) is 4.69. The molecular weight excluding hydrogens is 362 g/mol. The molecule has 7 heteroatoms. The number of amides is 1. The molecule has 0 heterocycles. The molecule has 0 aliphatic heterocycles. The van der Waals surface area contributed by atoms with Gasteiger partial charge in [0.05, 0.1) is 7.11 Å². The van der Waals surface area contributed by atoms with Crippen molar-refractivity contribution in [1.29, 1.82) is 0 Å². The summed E-state index contributed by atoms with van der Waals surface area (Å²) in [5, 5.41) is 2.86. The molecule has 7 nitrogen and oxygen atoms in total. The highest BCUT2D eigenvalue weighted by atomic mass is 16.6. The van der Waals surface area contributed by atoms with Gasteiger partial charge in [-0.25, -0.2) is 4.79 Å². The lowest BCUT2D eigenvalue weighted by molar-refractivity contribution is -0.156. The molecule has 28 heavy (non-hydrogen) atoms. The van der Waals surface area contributed by atoms with Gasteiger partial charge in [0.15, 0.2) is 30.0 Å². The predicted octanol–water partition coefficient (Wildman–Crippen LogP) is 2.90. The Labute approximate surface area is 165 Å². The van der Waals surface area contributed by atoms with E-state index in [0.29, 0.717) is 29.5 Å². The van der Waals surface area contributed by atoms with E-state index in [0.717, 1.165) is 12.8 Å². The van der Waals surface area contributed by atoms with Crippen molar-refractivity contribution in [3.05, 3.63) is 23.8 Å². The molecule has 0 radical (unpaired) electrons. The minimum atomic E-state index is -0.887. The molecule has 1 fully saturated rings. The Hall–Kier alpha value is -2.57. The number of benzene rings is 1. The lowest BCUT2D eigenvalue weighted by Gasteiger charge is -2.22. The zero-order valence-electron chi connectivity index (χ0n) is 16.8. The maximum Gasteiger partial charge on any atom is 0.344 e. The summed E-state index contributed by atoms with van der Waals surface area (Å²) in [6.45, 7) is 3.25. The number of rotatable bonds is 9. The molecule has 154 valence electrons. The molecule has 1 N–H and O–H groups in total. The topological polar surface area (TPSA) is 90.9 Å².